The monoisotopic (exact) mass is 264 g/mol. The van der Waals surface area contributed by atoms with E-state index in [1.165, 1.54) is 16.7 Å². The van der Waals surface area contributed by atoms with Crippen LogP contribution in [-0.4, -0.2) is 9.97 Å². The lowest BCUT2D eigenvalue weighted by molar-refractivity contribution is 0.889. The summed E-state index contributed by atoms with van der Waals surface area (Å²) in [5.74, 6) is 1.08. The summed E-state index contributed by atoms with van der Waals surface area (Å²) in [6, 6.07) is 15.2. The molecule has 0 atom stereocenters. The molecule has 0 amide bonds. The molecule has 2 aromatic carbocycles. The van der Waals surface area contributed by atoms with Crippen LogP contribution in [0.1, 0.15) is 29.4 Å². The first kappa shape index (κ1) is 12.9. The number of imidazole rings is 1. The van der Waals surface area contributed by atoms with Gasteiger partial charge < -0.3 is 4.98 Å². The molecule has 3 rings (SSSR count). The maximum atomic E-state index is 4.67. The Morgan fingerprint density at radius 3 is 2.70 bits per heavy atom. The number of hydrogen-bond acceptors (Lipinski definition) is 1. The molecule has 0 saturated carbocycles. The first-order valence-corrected chi connectivity index (χ1v) is 7.27. The summed E-state index contributed by atoms with van der Waals surface area (Å²) in [4.78, 5) is 8.11. The van der Waals surface area contributed by atoms with Crippen LogP contribution < -0.4 is 0 Å². The second-order valence-corrected chi connectivity index (χ2v) is 5.38. The lowest BCUT2D eigenvalue weighted by Crippen LogP contribution is -1.93. The highest BCUT2D eigenvalue weighted by molar-refractivity contribution is 5.75. The molecule has 0 radical (unpaired) electrons. The van der Waals surface area contributed by atoms with E-state index in [1.54, 1.807) is 0 Å². The van der Waals surface area contributed by atoms with Gasteiger partial charge in [-0.3, -0.25) is 0 Å². The van der Waals surface area contributed by atoms with Crippen LogP contribution >= 0.6 is 0 Å². The van der Waals surface area contributed by atoms with Gasteiger partial charge in [0.1, 0.15) is 5.82 Å². The summed E-state index contributed by atoms with van der Waals surface area (Å²) in [6.07, 6.45) is 3.05. The fraction of sp³-hybridized carbons (Fsp3) is 0.278. The maximum absolute atomic E-state index is 4.67. The quantitative estimate of drug-likeness (QED) is 0.751. The fourth-order valence-corrected chi connectivity index (χ4v) is 2.58. The van der Waals surface area contributed by atoms with Gasteiger partial charge in [0.15, 0.2) is 0 Å². The van der Waals surface area contributed by atoms with Gasteiger partial charge in [0.2, 0.25) is 0 Å². The van der Waals surface area contributed by atoms with Crippen LogP contribution in [0.25, 0.3) is 11.0 Å². The fourth-order valence-electron chi connectivity index (χ4n) is 2.58. The summed E-state index contributed by atoms with van der Waals surface area (Å²) in [5.41, 5.74) is 6.27. The largest absolute Gasteiger partial charge is 0.342 e. The van der Waals surface area contributed by atoms with Gasteiger partial charge in [-0.05, 0) is 43.0 Å². The van der Waals surface area contributed by atoms with Gasteiger partial charge in [0.05, 0.1) is 11.0 Å². The van der Waals surface area contributed by atoms with Crippen molar-refractivity contribution in [2.45, 2.75) is 33.1 Å². The molecule has 0 spiro atoms. The number of aromatic amines is 1. The van der Waals surface area contributed by atoms with Gasteiger partial charge in [-0.15, -0.1) is 0 Å². The van der Waals surface area contributed by atoms with Crippen molar-refractivity contribution in [1.29, 1.82) is 0 Å². The van der Waals surface area contributed by atoms with Gasteiger partial charge >= 0.3 is 0 Å². The molecule has 0 aliphatic rings. The van der Waals surface area contributed by atoms with Crippen LogP contribution in [-0.2, 0) is 19.3 Å². The number of H-pyrrole nitrogens is 1. The molecule has 1 heterocycles. The van der Waals surface area contributed by atoms with Crippen LogP contribution in [0.5, 0.6) is 0 Å². The van der Waals surface area contributed by atoms with E-state index in [9.17, 15) is 0 Å². The normalized spacial score (nSPS) is 11.1. The predicted octanol–water partition coefficient (Wildman–Crippen LogP) is 4.22. The van der Waals surface area contributed by atoms with Crippen molar-refractivity contribution in [2.24, 2.45) is 0 Å². The van der Waals surface area contributed by atoms with Crippen molar-refractivity contribution in [2.75, 3.05) is 0 Å². The van der Waals surface area contributed by atoms with Gasteiger partial charge in [0.25, 0.3) is 0 Å². The standard InChI is InChI=1S/C18H20N2/c1-3-14-7-9-16-17(12-14)20-18(19-16)10-8-15-6-4-5-13(2)11-15/h4-7,9,11-12H,3,8,10H2,1-2H3,(H,19,20). The number of benzene rings is 2. The van der Waals surface area contributed by atoms with Gasteiger partial charge in [-0.25, -0.2) is 4.98 Å². The number of rotatable bonds is 4. The van der Waals surface area contributed by atoms with Crippen molar-refractivity contribution in [3.05, 3.63) is 65.0 Å². The first-order chi connectivity index (χ1) is 9.74. The van der Waals surface area contributed by atoms with Crippen LogP contribution in [0.2, 0.25) is 0 Å². The van der Waals surface area contributed by atoms with Crippen molar-refractivity contribution in [3.8, 4) is 0 Å². The molecule has 0 aliphatic heterocycles. The minimum Gasteiger partial charge on any atom is -0.342 e. The third-order valence-corrected chi connectivity index (χ3v) is 3.74. The van der Waals surface area contributed by atoms with E-state index in [-0.39, 0.29) is 0 Å². The molecule has 2 heteroatoms. The Balaban J connectivity index is 1.77. The van der Waals surface area contributed by atoms with Crippen molar-refractivity contribution < 1.29 is 0 Å². The maximum Gasteiger partial charge on any atom is 0.107 e. The topological polar surface area (TPSA) is 28.7 Å². The van der Waals surface area contributed by atoms with E-state index in [2.05, 4.69) is 66.3 Å². The zero-order valence-corrected chi connectivity index (χ0v) is 12.1. The minimum atomic E-state index is 0.958. The highest BCUT2D eigenvalue weighted by Crippen LogP contribution is 2.15. The zero-order valence-electron chi connectivity index (χ0n) is 12.1. The van der Waals surface area contributed by atoms with Crippen LogP contribution in [0.15, 0.2) is 42.5 Å². The molecular weight excluding hydrogens is 244 g/mol. The number of fused-ring (bicyclic) bond motifs is 1. The molecule has 0 bridgehead atoms. The highest BCUT2D eigenvalue weighted by atomic mass is 14.9. The SMILES string of the molecule is CCc1ccc2nc(CCc3cccc(C)c3)[nH]c2c1. The van der Waals surface area contributed by atoms with Gasteiger partial charge in [0, 0.05) is 6.42 Å². The van der Waals surface area contributed by atoms with E-state index >= 15 is 0 Å². The molecule has 2 nitrogen and oxygen atoms in total. The Kier molecular flexibility index (Phi) is 3.55. The molecule has 102 valence electrons. The number of aryl methyl sites for hydroxylation is 4. The lowest BCUT2D eigenvalue weighted by Gasteiger charge is -2.00. The third-order valence-electron chi connectivity index (χ3n) is 3.74. The van der Waals surface area contributed by atoms with Crippen LogP contribution in [0, 0.1) is 6.92 Å². The molecule has 3 aromatic rings. The Labute approximate surface area is 119 Å². The smallest absolute Gasteiger partial charge is 0.107 e. The van der Waals surface area contributed by atoms with E-state index in [1.807, 2.05) is 0 Å². The van der Waals surface area contributed by atoms with Gasteiger partial charge in [-0.2, -0.15) is 0 Å². The first-order valence-electron chi connectivity index (χ1n) is 7.27. The van der Waals surface area contributed by atoms with Crippen molar-refractivity contribution in [1.82, 2.24) is 9.97 Å². The van der Waals surface area contributed by atoms with E-state index in [0.717, 1.165) is 36.1 Å². The molecule has 0 aliphatic carbocycles. The summed E-state index contributed by atoms with van der Waals surface area (Å²) in [5, 5.41) is 0. The zero-order chi connectivity index (χ0) is 13.9. The van der Waals surface area contributed by atoms with E-state index in [4.69, 9.17) is 0 Å². The van der Waals surface area contributed by atoms with Crippen molar-refractivity contribution in [3.63, 3.8) is 0 Å². The predicted molar refractivity (Wildman–Crippen MR) is 84.1 cm³/mol. The van der Waals surface area contributed by atoms with E-state index < -0.39 is 0 Å². The Morgan fingerprint density at radius 1 is 1.00 bits per heavy atom. The molecule has 20 heavy (non-hydrogen) atoms. The Bertz CT molecular complexity index is 725. The Morgan fingerprint density at radius 2 is 1.90 bits per heavy atom. The lowest BCUT2D eigenvalue weighted by atomic mass is 10.1. The summed E-state index contributed by atoms with van der Waals surface area (Å²) in [6.45, 7) is 4.31. The summed E-state index contributed by atoms with van der Waals surface area (Å²) >= 11 is 0. The summed E-state index contributed by atoms with van der Waals surface area (Å²) < 4.78 is 0. The highest BCUT2D eigenvalue weighted by Gasteiger charge is 2.04. The molecule has 1 N–H and O–H groups in total. The second kappa shape index (κ2) is 5.49. The average Bonchev–Trinajstić information content (AvgIpc) is 2.87. The average molecular weight is 264 g/mol. The summed E-state index contributed by atoms with van der Waals surface area (Å²) in [7, 11) is 0. The number of nitrogens with zero attached hydrogens (tertiary/aromatic N) is 1. The third kappa shape index (κ3) is 2.74. The molecule has 0 fully saturated rings. The van der Waals surface area contributed by atoms with Crippen LogP contribution in [0.4, 0.5) is 0 Å². The Hall–Kier alpha value is -2.09. The molecule has 0 unspecified atom stereocenters. The molecular formula is C18H20N2. The number of hydrogen-bond donors (Lipinski definition) is 1. The molecule has 0 saturated heterocycles. The minimum absolute atomic E-state index is 0.958. The number of aromatic nitrogens is 2. The van der Waals surface area contributed by atoms with Gasteiger partial charge in [-0.1, -0.05) is 42.8 Å². The second-order valence-electron chi connectivity index (χ2n) is 5.38. The van der Waals surface area contributed by atoms with Crippen molar-refractivity contribution >= 4 is 11.0 Å². The van der Waals surface area contributed by atoms with E-state index in [0.29, 0.717) is 0 Å². The number of nitrogens with one attached hydrogen (secondary N) is 1. The van der Waals surface area contributed by atoms with Crippen LogP contribution in [0.3, 0.4) is 0 Å². The molecule has 1 aromatic heterocycles.